The zero-order valence-corrected chi connectivity index (χ0v) is 14.9. The molecule has 0 bridgehead atoms. The van der Waals surface area contributed by atoms with E-state index in [1.165, 1.54) is 6.42 Å². The molecule has 2 heterocycles. The van der Waals surface area contributed by atoms with Crippen molar-refractivity contribution in [2.45, 2.75) is 32.7 Å². The Morgan fingerprint density at radius 2 is 1.85 bits per heavy atom. The fourth-order valence-electron chi connectivity index (χ4n) is 3.29. The first-order valence-corrected chi connectivity index (χ1v) is 8.98. The molecule has 0 radical (unpaired) electrons. The van der Waals surface area contributed by atoms with E-state index in [-0.39, 0.29) is 6.54 Å². The van der Waals surface area contributed by atoms with E-state index >= 15 is 0 Å². The fourth-order valence-corrected chi connectivity index (χ4v) is 3.29. The van der Waals surface area contributed by atoms with Gasteiger partial charge >= 0.3 is 6.03 Å². The van der Waals surface area contributed by atoms with Gasteiger partial charge in [-0.2, -0.15) is 0 Å². The van der Waals surface area contributed by atoms with Crippen LogP contribution in [0.1, 0.15) is 31.7 Å². The first-order valence-electron chi connectivity index (χ1n) is 8.98. The van der Waals surface area contributed by atoms with Crippen LogP contribution in [0.3, 0.4) is 0 Å². The van der Waals surface area contributed by atoms with Gasteiger partial charge in [0.2, 0.25) is 11.8 Å². The minimum atomic E-state index is -1.04. The molecular formula is C19H24N4O3. The number of urea groups is 1. The normalized spacial score (nSPS) is 22.3. The van der Waals surface area contributed by atoms with Crippen molar-refractivity contribution < 1.29 is 14.4 Å². The number of amides is 4. The maximum atomic E-state index is 12.9. The number of nitrogens with one attached hydrogen (secondary N) is 2. The van der Waals surface area contributed by atoms with Gasteiger partial charge in [0.1, 0.15) is 0 Å². The molecule has 26 heavy (non-hydrogen) atoms. The van der Waals surface area contributed by atoms with Crippen LogP contribution in [0.5, 0.6) is 0 Å². The minimum absolute atomic E-state index is 0.135. The van der Waals surface area contributed by atoms with Crippen molar-refractivity contribution in [3.05, 3.63) is 47.7 Å². The first-order chi connectivity index (χ1) is 12.6. The highest BCUT2D eigenvalue weighted by atomic mass is 16.2. The predicted octanol–water partition coefficient (Wildman–Crippen LogP) is 1.78. The molecule has 2 fully saturated rings. The number of benzene rings is 1. The Morgan fingerprint density at radius 1 is 1.15 bits per heavy atom. The van der Waals surface area contributed by atoms with Crippen LogP contribution in [-0.4, -0.2) is 40.8 Å². The Morgan fingerprint density at radius 3 is 2.50 bits per heavy atom. The molecule has 0 aliphatic carbocycles. The largest absolute Gasteiger partial charge is 0.331 e. The second-order valence-corrected chi connectivity index (χ2v) is 6.54. The monoisotopic (exact) mass is 356 g/mol. The molecule has 2 aliphatic heterocycles. The highest BCUT2D eigenvalue weighted by Crippen LogP contribution is 2.20. The van der Waals surface area contributed by atoms with E-state index in [9.17, 15) is 14.4 Å². The molecule has 0 unspecified atom stereocenters. The lowest BCUT2D eigenvalue weighted by atomic mass is 9.99. The van der Waals surface area contributed by atoms with Gasteiger partial charge in [-0.3, -0.25) is 19.8 Å². The number of carbonyl (C=O) groups excluding carboxylic acids is 3. The third-order valence-electron chi connectivity index (χ3n) is 4.70. The zero-order valence-electron chi connectivity index (χ0n) is 14.9. The summed E-state index contributed by atoms with van der Waals surface area (Å²) in [6.45, 7) is 3.65. The van der Waals surface area contributed by atoms with Crippen molar-refractivity contribution in [1.29, 1.82) is 0 Å². The molecule has 7 nitrogen and oxygen atoms in total. The summed E-state index contributed by atoms with van der Waals surface area (Å²) in [6, 6.07) is 8.57. The van der Waals surface area contributed by atoms with Gasteiger partial charge in [0, 0.05) is 18.8 Å². The van der Waals surface area contributed by atoms with E-state index in [4.69, 9.17) is 0 Å². The van der Waals surface area contributed by atoms with Gasteiger partial charge in [-0.15, -0.1) is 0 Å². The molecule has 2 N–H and O–H groups in total. The predicted molar refractivity (Wildman–Crippen MR) is 96.3 cm³/mol. The van der Waals surface area contributed by atoms with Gasteiger partial charge in [0.15, 0.2) is 5.92 Å². The van der Waals surface area contributed by atoms with Crippen LogP contribution in [0.25, 0.3) is 0 Å². The van der Waals surface area contributed by atoms with Crippen molar-refractivity contribution in [2.75, 3.05) is 13.1 Å². The van der Waals surface area contributed by atoms with Crippen molar-refractivity contribution in [3.8, 4) is 0 Å². The van der Waals surface area contributed by atoms with Crippen LogP contribution in [0, 0.1) is 5.92 Å². The number of hydrogen-bond acceptors (Lipinski definition) is 5. The molecule has 7 heteroatoms. The maximum Gasteiger partial charge on any atom is 0.331 e. The molecule has 0 aromatic heterocycles. The summed E-state index contributed by atoms with van der Waals surface area (Å²) >= 11 is 0. The molecule has 2 aliphatic rings. The molecule has 1 atom stereocenters. The summed E-state index contributed by atoms with van der Waals surface area (Å²) in [5.74, 6) is -2.12. The molecule has 0 spiro atoms. The third-order valence-corrected chi connectivity index (χ3v) is 4.70. The van der Waals surface area contributed by atoms with Crippen LogP contribution in [-0.2, 0) is 16.1 Å². The van der Waals surface area contributed by atoms with E-state index in [2.05, 4.69) is 10.7 Å². The smallest absolute Gasteiger partial charge is 0.322 e. The first kappa shape index (κ1) is 18.1. The molecule has 0 saturated carbocycles. The van der Waals surface area contributed by atoms with Crippen LogP contribution >= 0.6 is 0 Å². The molecule has 3 rings (SSSR count). The molecular weight excluding hydrogens is 332 g/mol. The lowest BCUT2D eigenvalue weighted by molar-refractivity contribution is -0.141. The Bertz CT molecular complexity index is 711. The number of hydrogen-bond donors (Lipinski definition) is 2. The van der Waals surface area contributed by atoms with Gasteiger partial charge < -0.3 is 5.43 Å². The van der Waals surface area contributed by atoms with Crippen molar-refractivity contribution in [1.82, 2.24) is 20.7 Å². The van der Waals surface area contributed by atoms with Crippen LogP contribution in [0.4, 0.5) is 4.79 Å². The van der Waals surface area contributed by atoms with Crippen molar-refractivity contribution in [3.63, 3.8) is 0 Å². The number of hydrazine groups is 1. The lowest BCUT2D eigenvalue weighted by Gasteiger charge is -2.35. The molecule has 1 aromatic carbocycles. The lowest BCUT2D eigenvalue weighted by Crippen LogP contribution is -2.59. The van der Waals surface area contributed by atoms with E-state index in [0.717, 1.165) is 36.4 Å². The summed E-state index contributed by atoms with van der Waals surface area (Å²) in [6.07, 6.45) is 5.07. The highest BCUT2D eigenvalue weighted by Gasteiger charge is 2.42. The van der Waals surface area contributed by atoms with Crippen molar-refractivity contribution in [2.24, 2.45) is 5.92 Å². The number of imide groups is 2. The van der Waals surface area contributed by atoms with E-state index in [1.807, 2.05) is 35.3 Å². The number of nitrogens with zero attached hydrogens (tertiary/aromatic N) is 2. The van der Waals surface area contributed by atoms with E-state index in [0.29, 0.717) is 5.70 Å². The second kappa shape index (κ2) is 8.14. The van der Waals surface area contributed by atoms with Gasteiger partial charge in [0.25, 0.3) is 0 Å². The number of barbiturate groups is 1. The summed E-state index contributed by atoms with van der Waals surface area (Å²) in [4.78, 5) is 38.6. The van der Waals surface area contributed by atoms with E-state index < -0.39 is 23.8 Å². The highest BCUT2D eigenvalue weighted by molar-refractivity contribution is 6.17. The van der Waals surface area contributed by atoms with E-state index in [1.54, 1.807) is 13.0 Å². The minimum Gasteiger partial charge on any atom is -0.322 e. The molecule has 138 valence electrons. The van der Waals surface area contributed by atoms with Gasteiger partial charge in [-0.25, -0.2) is 9.80 Å². The Kier molecular flexibility index (Phi) is 5.68. The zero-order chi connectivity index (χ0) is 18.5. The number of carbonyl (C=O) groups is 3. The average Bonchev–Trinajstić information content (AvgIpc) is 2.66. The van der Waals surface area contributed by atoms with Gasteiger partial charge in [-0.1, -0.05) is 42.8 Å². The Labute approximate surface area is 153 Å². The molecule has 2 saturated heterocycles. The summed E-state index contributed by atoms with van der Waals surface area (Å²) in [5.41, 5.74) is 4.55. The van der Waals surface area contributed by atoms with Crippen LogP contribution < -0.4 is 10.7 Å². The van der Waals surface area contributed by atoms with Crippen molar-refractivity contribution >= 4 is 17.8 Å². The Hall–Kier alpha value is -2.67. The van der Waals surface area contributed by atoms with Gasteiger partial charge in [0.05, 0.1) is 6.54 Å². The molecule has 4 amide bonds. The third kappa shape index (κ3) is 3.94. The fraction of sp³-hybridized carbons (Fsp3) is 0.421. The standard InChI is InChI=1S/C19H24N4O3/c1-2-15(21-22-11-7-4-8-12-22)16-17(24)20-19(26)23(18(16)25)13-14-9-5-3-6-10-14/h2-3,5-6,9-10,16,21H,4,7-8,11-13H2,1H3,(H,20,24,26)/b15-2+/t16-/m0/s1. The SMILES string of the molecule is C/C=C(/NN1CCCCC1)[C@H]1C(=O)NC(=O)N(Cc2ccccc2)C1=O. The van der Waals surface area contributed by atoms with Crippen LogP contribution in [0.2, 0.25) is 0 Å². The number of rotatable bonds is 5. The average molecular weight is 356 g/mol. The second-order valence-electron chi connectivity index (χ2n) is 6.54. The molecule has 1 aromatic rings. The Balaban J connectivity index is 1.77. The topological polar surface area (TPSA) is 81.8 Å². The van der Waals surface area contributed by atoms with Gasteiger partial charge in [-0.05, 0) is 25.3 Å². The van der Waals surface area contributed by atoms with Crippen LogP contribution in [0.15, 0.2) is 42.1 Å². The number of piperidine rings is 1. The summed E-state index contributed by atoms with van der Waals surface area (Å²) < 4.78 is 0. The maximum absolute atomic E-state index is 12.9. The number of allylic oxidation sites excluding steroid dienone is 1. The summed E-state index contributed by atoms with van der Waals surface area (Å²) in [5, 5.41) is 4.34. The summed E-state index contributed by atoms with van der Waals surface area (Å²) in [7, 11) is 0. The quantitative estimate of drug-likeness (QED) is 0.786.